The molecule has 150 valence electrons. The largest absolute Gasteiger partial charge is 0.331 e. The van der Waals surface area contributed by atoms with E-state index in [0.29, 0.717) is 13.1 Å². The van der Waals surface area contributed by atoms with Crippen molar-refractivity contribution in [3.8, 4) is 0 Å². The first kappa shape index (κ1) is 20.3. The fourth-order valence-corrected chi connectivity index (χ4v) is 4.52. The van der Waals surface area contributed by atoms with Crippen LogP contribution in [0.4, 0.5) is 9.18 Å². The van der Waals surface area contributed by atoms with Crippen molar-refractivity contribution in [1.29, 1.82) is 0 Å². The van der Waals surface area contributed by atoms with E-state index in [1.165, 1.54) is 16.4 Å². The third kappa shape index (κ3) is 4.51. The summed E-state index contributed by atoms with van der Waals surface area (Å²) in [5.74, 6) is -0.326. The number of carbonyl (C=O) groups excluding carboxylic acids is 1. The SMILES string of the molecule is Cc1ccc(S(=O)(=O)N2CCN(C(=O)NC(C)c3ccc(F)cc3)CC2)cc1. The van der Waals surface area contributed by atoms with E-state index in [1.807, 2.05) is 13.8 Å². The van der Waals surface area contributed by atoms with Gasteiger partial charge in [-0.05, 0) is 43.7 Å². The summed E-state index contributed by atoms with van der Waals surface area (Å²) >= 11 is 0. The lowest BCUT2D eigenvalue weighted by Crippen LogP contribution is -2.53. The molecule has 2 aromatic carbocycles. The Labute approximate surface area is 165 Å². The molecule has 0 aromatic heterocycles. The predicted molar refractivity (Wildman–Crippen MR) is 105 cm³/mol. The Kier molecular flexibility index (Phi) is 6.00. The van der Waals surface area contributed by atoms with Crippen molar-refractivity contribution in [2.45, 2.75) is 24.8 Å². The number of hydrogen-bond acceptors (Lipinski definition) is 3. The maximum atomic E-state index is 13.0. The summed E-state index contributed by atoms with van der Waals surface area (Å²) in [4.78, 5) is 14.3. The third-order valence-corrected chi connectivity index (χ3v) is 6.81. The van der Waals surface area contributed by atoms with E-state index in [-0.39, 0.29) is 35.9 Å². The van der Waals surface area contributed by atoms with Crippen LogP contribution in [0.25, 0.3) is 0 Å². The molecule has 0 spiro atoms. The molecule has 0 radical (unpaired) electrons. The van der Waals surface area contributed by atoms with Crippen LogP contribution in [-0.2, 0) is 10.0 Å². The lowest BCUT2D eigenvalue weighted by molar-refractivity contribution is 0.169. The topological polar surface area (TPSA) is 69.7 Å². The van der Waals surface area contributed by atoms with Crippen LogP contribution in [-0.4, -0.2) is 49.8 Å². The minimum Gasteiger partial charge on any atom is -0.331 e. The lowest BCUT2D eigenvalue weighted by atomic mass is 10.1. The second kappa shape index (κ2) is 8.28. The molecule has 8 heteroatoms. The van der Waals surface area contributed by atoms with Gasteiger partial charge in [-0.3, -0.25) is 0 Å². The molecule has 1 aliphatic rings. The Morgan fingerprint density at radius 3 is 2.14 bits per heavy atom. The van der Waals surface area contributed by atoms with Crippen LogP contribution in [0.2, 0.25) is 0 Å². The standard InChI is InChI=1S/C20H24FN3O3S/c1-15-3-9-19(10-4-15)28(26,27)24-13-11-23(12-14-24)20(25)22-16(2)17-5-7-18(21)8-6-17/h3-10,16H,11-14H2,1-2H3,(H,22,25). The summed E-state index contributed by atoms with van der Waals surface area (Å²) in [6.45, 7) is 4.84. The van der Waals surface area contributed by atoms with E-state index in [4.69, 9.17) is 0 Å². The fraction of sp³-hybridized carbons (Fsp3) is 0.350. The highest BCUT2D eigenvalue weighted by Crippen LogP contribution is 2.19. The van der Waals surface area contributed by atoms with Gasteiger partial charge in [0.1, 0.15) is 5.82 Å². The number of nitrogens with one attached hydrogen (secondary N) is 1. The molecule has 0 bridgehead atoms. The summed E-state index contributed by atoms with van der Waals surface area (Å²) in [5, 5.41) is 2.87. The molecule has 1 heterocycles. The van der Waals surface area contributed by atoms with Gasteiger partial charge in [0.25, 0.3) is 0 Å². The molecule has 1 fully saturated rings. The van der Waals surface area contributed by atoms with E-state index in [9.17, 15) is 17.6 Å². The Balaban J connectivity index is 1.57. The van der Waals surface area contributed by atoms with Gasteiger partial charge in [0, 0.05) is 26.2 Å². The van der Waals surface area contributed by atoms with Gasteiger partial charge in [0.2, 0.25) is 10.0 Å². The van der Waals surface area contributed by atoms with Crippen molar-refractivity contribution in [3.63, 3.8) is 0 Å². The number of benzene rings is 2. The molecule has 1 aliphatic heterocycles. The van der Waals surface area contributed by atoms with Crippen molar-refractivity contribution in [3.05, 3.63) is 65.5 Å². The van der Waals surface area contributed by atoms with Crippen LogP contribution in [0, 0.1) is 12.7 Å². The minimum absolute atomic E-state index is 0.245. The lowest BCUT2D eigenvalue weighted by Gasteiger charge is -2.34. The number of sulfonamides is 1. The summed E-state index contributed by atoms with van der Waals surface area (Å²) in [6.07, 6.45) is 0. The number of carbonyl (C=O) groups is 1. The van der Waals surface area contributed by atoms with Crippen molar-refractivity contribution in [2.75, 3.05) is 26.2 Å². The van der Waals surface area contributed by atoms with Crippen molar-refractivity contribution in [2.24, 2.45) is 0 Å². The first-order chi connectivity index (χ1) is 13.3. The average Bonchev–Trinajstić information content (AvgIpc) is 2.69. The maximum absolute atomic E-state index is 13.0. The molecule has 1 N–H and O–H groups in total. The molecule has 0 aliphatic carbocycles. The number of halogens is 1. The van der Waals surface area contributed by atoms with E-state index in [1.54, 1.807) is 41.3 Å². The number of piperazine rings is 1. The number of urea groups is 1. The normalized spacial score (nSPS) is 16.6. The van der Waals surface area contributed by atoms with Gasteiger partial charge in [0.05, 0.1) is 10.9 Å². The summed E-state index contributed by atoms with van der Waals surface area (Å²) in [5.41, 5.74) is 1.80. The van der Waals surface area contributed by atoms with E-state index in [2.05, 4.69) is 5.32 Å². The van der Waals surface area contributed by atoms with Crippen LogP contribution >= 0.6 is 0 Å². The van der Waals surface area contributed by atoms with Crippen LogP contribution < -0.4 is 5.32 Å². The zero-order chi connectivity index (χ0) is 20.3. The van der Waals surface area contributed by atoms with Gasteiger partial charge in [0.15, 0.2) is 0 Å². The van der Waals surface area contributed by atoms with Gasteiger partial charge in [-0.1, -0.05) is 29.8 Å². The molecule has 0 saturated carbocycles. The number of nitrogens with zero attached hydrogens (tertiary/aromatic N) is 2. The van der Waals surface area contributed by atoms with Gasteiger partial charge in [-0.15, -0.1) is 0 Å². The average molecular weight is 405 g/mol. The third-order valence-electron chi connectivity index (χ3n) is 4.89. The maximum Gasteiger partial charge on any atom is 0.317 e. The second-order valence-corrected chi connectivity index (χ2v) is 8.86. The minimum atomic E-state index is -3.56. The van der Waals surface area contributed by atoms with Crippen molar-refractivity contribution >= 4 is 16.1 Å². The smallest absolute Gasteiger partial charge is 0.317 e. The van der Waals surface area contributed by atoms with E-state index < -0.39 is 10.0 Å². The zero-order valence-electron chi connectivity index (χ0n) is 15.9. The number of hydrogen-bond donors (Lipinski definition) is 1. The molecule has 3 rings (SSSR count). The van der Waals surface area contributed by atoms with Gasteiger partial charge in [-0.25, -0.2) is 17.6 Å². The summed E-state index contributed by atoms with van der Waals surface area (Å²) < 4.78 is 39.9. The molecule has 1 saturated heterocycles. The summed E-state index contributed by atoms with van der Waals surface area (Å²) in [6, 6.07) is 12.2. The van der Waals surface area contributed by atoms with E-state index in [0.717, 1.165) is 11.1 Å². The van der Waals surface area contributed by atoms with Crippen LogP contribution in [0.5, 0.6) is 0 Å². The van der Waals surface area contributed by atoms with Crippen LogP contribution in [0.15, 0.2) is 53.4 Å². The van der Waals surface area contributed by atoms with E-state index >= 15 is 0 Å². The highest BCUT2D eigenvalue weighted by atomic mass is 32.2. The van der Waals surface area contributed by atoms with Gasteiger partial charge in [-0.2, -0.15) is 4.31 Å². The monoisotopic (exact) mass is 405 g/mol. The molecule has 6 nitrogen and oxygen atoms in total. The molecular weight excluding hydrogens is 381 g/mol. The highest BCUT2D eigenvalue weighted by molar-refractivity contribution is 7.89. The Hall–Kier alpha value is -2.45. The molecular formula is C20H24FN3O3S. The van der Waals surface area contributed by atoms with Gasteiger partial charge >= 0.3 is 6.03 Å². The number of amides is 2. The van der Waals surface area contributed by atoms with Crippen molar-refractivity contribution < 1.29 is 17.6 Å². The summed E-state index contributed by atoms with van der Waals surface area (Å²) in [7, 11) is -3.56. The molecule has 28 heavy (non-hydrogen) atoms. The zero-order valence-corrected chi connectivity index (χ0v) is 16.7. The molecule has 1 unspecified atom stereocenters. The van der Waals surface area contributed by atoms with Gasteiger partial charge < -0.3 is 10.2 Å². The van der Waals surface area contributed by atoms with Crippen LogP contribution in [0.3, 0.4) is 0 Å². The Morgan fingerprint density at radius 2 is 1.57 bits per heavy atom. The molecule has 2 amide bonds. The number of rotatable bonds is 4. The first-order valence-corrected chi connectivity index (χ1v) is 10.6. The van der Waals surface area contributed by atoms with Crippen molar-refractivity contribution in [1.82, 2.24) is 14.5 Å². The predicted octanol–water partition coefficient (Wildman–Crippen LogP) is 2.91. The highest BCUT2D eigenvalue weighted by Gasteiger charge is 2.30. The first-order valence-electron chi connectivity index (χ1n) is 9.15. The molecule has 2 aromatic rings. The Morgan fingerprint density at radius 1 is 1.00 bits per heavy atom. The fourth-order valence-electron chi connectivity index (χ4n) is 3.10. The molecule has 1 atom stereocenters. The van der Waals surface area contributed by atoms with Crippen LogP contribution in [0.1, 0.15) is 24.1 Å². The quantitative estimate of drug-likeness (QED) is 0.850. The second-order valence-electron chi connectivity index (χ2n) is 6.93. The number of aryl methyl sites for hydroxylation is 1. The Bertz CT molecular complexity index is 922.